The van der Waals surface area contributed by atoms with E-state index in [2.05, 4.69) is 27.7 Å². The summed E-state index contributed by atoms with van der Waals surface area (Å²) in [5.41, 5.74) is 1.70. The van der Waals surface area contributed by atoms with E-state index in [0.717, 1.165) is 23.7 Å². The second kappa shape index (κ2) is 8.86. The maximum atomic E-state index is 2.88. The first-order chi connectivity index (χ1) is 14.0. The summed E-state index contributed by atoms with van der Waals surface area (Å²) in [6.45, 7) is 11.0. The van der Waals surface area contributed by atoms with Gasteiger partial charge in [-0.15, -0.1) is 0 Å². The highest BCUT2D eigenvalue weighted by atomic mass is 14.7. The molecule has 4 fully saturated rings. The largest absolute Gasteiger partial charge is 0.0654 e. The van der Waals surface area contributed by atoms with Gasteiger partial charge in [-0.05, 0) is 84.9 Å². The van der Waals surface area contributed by atoms with Gasteiger partial charge in [0, 0.05) is 0 Å². The molecule has 0 N–H and O–H groups in total. The van der Waals surface area contributed by atoms with Crippen molar-refractivity contribution in [2.24, 2.45) is 39.9 Å². The quantitative estimate of drug-likeness (QED) is 0.431. The molecule has 0 spiro atoms. The minimum atomic E-state index is 0.540. The summed E-state index contributed by atoms with van der Waals surface area (Å²) < 4.78 is 0. The zero-order valence-electron chi connectivity index (χ0n) is 20.5. The third-order valence-electron chi connectivity index (χ3n) is 11.8. The zero-order valence-corrected chi connectivity index (χ0v) is 20.5. The number of hydrogen-bond donors (Lipinski definition) is 0. The summed E-state index contributed by atoms with van der Waals surface area (Å²) in [4.78, 5) is 0. The van der Waals surface area contributed by atoms with E-state index in [4.69, 9.17) is 0 Å². The molecular weight excluding hydrogens is 348 g/mol. The lowest BCUT2D eigenvalue weighted by molar-refractivity contribution is -0.229. The van der Waals surface area contributed by atoms with Crippen LogP contribution in [0.4, 0.5) is 0 Å². The predicted octanol–water partition coefficient (Wildman–Crippen LogP) is 9.57. The van der Waals surface area contributed by atoms with E-state index in [-0.39, 0.29) is 0 Å². The van der Waals surface area contributed by atoms with Crippen LogP contribution in [-0.4, -0.2) is 0 Å². The predicted molar refractivity (Wildman–Crippen MR) is 127 cm³/mol. The van der Waals surface area contributed by atoms with Gasteiger partial charge in [-0.1, -0.05) is 98.3 Å². The Morgan fingerprint density at radius 1 is 0.655 bits per heavy atom. The molecule has 0 aliphatic heterocycles. The summed E-state index contributed by atoms with van der Waals surface area (Å²) in [5.74, 6) is 4.07. The van der Waals surface area contributed by atoms with Gasteiger partial charge < -0.3 is 0 Å². The van der Waals surface area contributed by atoms with Gasteiger partial charge in [0.05, 0.1) is 0 Å². The Balaban J connectivity index is 1.80. The molecule has 0 saturated heterocycles. The number of fused-ring (bicyclic) bond motifs is 1. The molecule has 29 heavy (non-hydrogen) atoms. The lowest BCUT2D eigenvalue weighted by atomic mass is 9.33. The Morgan fingerprint density at radius 2 is 1.21 bits per heavy atom. The lowest BCUT2D eigenvalue weighted by Crippen LogP contribution is -2.64. The van der Waals surface area contributed by atoms with Gasteiger partial charge in [0.15, 0.2) is 0 Å². The average molecular weight is 401 g/mol. The van der Waals surface area contributed by atoms with Crippen molar-refractivity contribution >= 4 is 0 Å². The molecule has 4 saturated carbocycles. The first-order valence-electron chi connectivity index (χ1n) is 14.0. The van der Waals surface area contributed by atoms with E-state index >= 15 is 0 Å². The summed E-state index contributed by atoms with van der Waals surface area (Å²) >= 11 is 0. The third kappa shape index (κ3) is 3.55. The molecule has 4 aliphatic carbocycles. The molecule has 0 radical (unpaired) electrons. The van der Waals surface area contributed by atoms with Crippen molar-refractivity contribution in [3.8, 4) is 0 Å². The molecule has 5 atom stereocenters. The molecule has 4 rings (SSSR count). The molecule has 0 amide bonds. The Hall–Kier alpha value is 0. The molecule has 0 nitrogen and oxygen atoms in total. The number of rotatable bonds is 5. The molecule has 0 aromatic heterocycles. The Labute approximate surface area is 183 Å². The molecular formula is C29H52. The van der Waals surface area contributed by atoms with Gasteiger partial charge in [0.1, 0.15) is 0 Å². The van der Waals surface area contributed by atoms with Crippen LogP contribution in [0.2, 0.25) is 0 Å². The van der Waals surface area contributed by atoms with Crippen LogP contribution in [0.15, 0.2) is 0 Å². The van der Waals surface area contributed by atoms with Gasteiger partial charge in [-0.25, -0.2) is 0 Å². The highest BCUT2D eigenvalue weighted by Crippen LogP contribution is 2.74. The van der Waals surface area contributed by atoms with E-state index in [1.807, 2.05) is 0 Å². The zero-order chi connectivity index (χ0) is 20.5. The third-order valence-corrected chi connectivity index (χ3v) is 11.8. The fourth-order valence-electron chi connectivity index (χ4n) is 9.93. The van der Waals surface area contributed by atoms with Crippen LogP contribution in [0.1, 0.15) is 143 Å². The fourth-order valence-corrected chi connectivity index (χ4v) is 9.93. The van der Waals surface area contributed by atoms with E-state index in [9.17, 15) is 0 Å². The molecule has 0 aromatic rings. The highest BCUT2D eigenvalue weighted by Gasteiger charge is 2.66. The lowest BCUT2D eigenvalue weighted by Gasteiger charge is -2.71. The van der Waals surface area contributed by atoms with Crippen molar-refractivity contribution in [1.82, 2.24) is 0 Å². The molecule has 168 valence electrons. The standard InChI is InChI=1S/C29H52/c1-5-6-21-28(3)27(2,24-16-9-7-10-17-24)22-23-15-13-14-20-26(23)29(28,4)25-18-11-8-12-19-25/h23-26H,5-22H2,1-4H3. The molecule has 5 unspecified atom stereocenters. The van der Waals surface area contributed by atoms with Crippen molar-refractivity contribution < 1.29 is 0 Å². The molecule has 0 bridgehead atoms. The summed E-state index contributed by atoms with van der Waals surface area (Å²) in [7, 11) is 0. The highest BCUT2D eigenvalue weighted by molar-refractivity contribution is 5.15. The van der Waals surface area contributed by atoms with Crippen molar-refractivity contribution in [3.05, 3.63) is 0 Å². The van der Waals surface area contributed by atoms with Crippen LogP contribution < -0.4 is 0 Å². The van der Waals surface area contributed by atoms with Crippen molar-refractivity contribution in [1.29, 1.82) is 0 Å². The second-order valence-electron chi connectivity index (χ2n) is 12.7. The maximum Gasteiger partial charge on any atom is -0.0207 e. The van der Waals surface area contributed by atoms with Crippen LogP contribution in [-0.2, 0) is 0 Å². The molecule has 0 heterocycles. The number of unbranched alkanes of at least 4 members (excludes halogenated alkanes) is 1. The summed E-state index contributed by atoms with van der Waals surface area (Å²) in [5, 5.41) is 0. The average Bonchev–Trinajstić information content (AvgIpc) is 2.77. The van der Waals surface area contributed by atoms with Crippen LogP contribution >= 0.6 is 0 Å². The SMILES string of the molecule is CCCCC1(C)C(C)(C2CCCCC2)CC2CCCCC2C1(C)C1CCCCC1. The second-order valence-corrected chi connectivity index (χ2v) is 12.7. The van der Waals surface area contributed by atoms with Crippen LogP contribution in [0.5, 0.6) is 0 Å². The van der Waals surface area contributed by atoms with Gasteiger partial charge in [0.25, 0.3) is 0 Å². The molecule has 0 aromatic carbocycles. The van der Waals surface area contributed by atoms with Crippen molar-refractivity contribution in [2.75, 3.05) is 0 Å². The van der Waals surface area contributed by atoms with Crippen LogP contribution in [0.25, 0.3) is 0 Å². The Kier molecular flexibility index (Phi) is 6.78. The molecule has 4 aliphatic rings. The van der Waals surface area contributed by atoms with Gasteiger partial charge in [0.2, 0.25) is 0 Å². The topological polar surface area (TPSA) is 0 Å². The maximum absolute atomic E-state index is 2.88. The first kappa shape index (κ1) is 22.2. The normalized spacial score (nSPS) is 45.1. The van der Waals surface area contributed by atoms with Crippen LogP contribution in [0.3, 0.4) is 0 Å². The molecule has 0 heteroatoms. The van der Waals surface area contributed by atoms with Crippen LogP contribution in [0, 0.1) is 39.9 Å². The van der Waals surface area contributed by atoms with E-state index < -0.39 is 0 Å². The van der Waals surface area contributed by atoms with Gasteiger partial charge in [-0.3, -0.25) is 0 Å². The van der Waals surface area contributed by atoms with E-state index in [0.29, 0.717) is 16.2 Å². The monoisotopic (exact) mass is 400 g/mol. The number of hydrogen-bond acceptors (Lipinski definition) is 0. The van der Waals surface area contributed by atoms with Gasteiger partial charge >= 0.3 is 0 Å². The first-order valence-corrected chi connectivity index (χ1v) is 14.0. The minimum Gasteiger partial charge on any atom is -0.0654 e. The van der Waals surface area contributed by atoms with Crippen molar-refractivity contribution in [2.45, 2.75) is 143 Å². The Bertz CT molecular complexity index is 524. The smallest absolute Gasteiger partial charge is 0.0207 e. The van der Waals surface area contributed by atoms with Crippen molar-refractivity contribution in [3.63, 3.8) is 0 Å². The van der Waals surface area contributed by atoms with E-state index in [1.165, 1.54) is 83.5 Å². The van der Waals surface area contributed by atoms with E-state index in [1.54, 1.807) is 32.1 Å². The Morgan fingerprint density at radius 3 is 1.83 bits per heavy atom. The summed E-state index contributed by atoms with van der Waals surface area (Å²) in [6, 6.07) is 0. The van der Waals surface area contributed by atoms with Gasteiger partial charge in [-0.2, -0.15) is 0 Å². The fraction of sp³-hybridized carbons (Fsp3) is 1.00. The minimum absolute atomic E-state index is 0.540. The summed E-state index contributed by atoms with van der Waals surface area (Å²) in [6.07, 6.45) is 27.3.